The standard InChI is InChI=1S/C25H34N2O4S3/c1-5-7-13-25(6-2)18-27(20-11-9-8-10-12-20)21-15-22(32-4)19(16-33-17-24(28)29)14-23(21)34(30,31)26(25)3/h8-12,14-15H,5-7,13,16-18H2,1-4H3,(H,28,29)/t25-/m1/s1. The number of hydrogen-bond acceptors (Lipinski definition) is 6. The van der Waals surface area contributed by atoms with Crippen LogP contribution in [0, 0.1) is 0 Å². The molecule has 0 spiro atoms. The highest BCUT2D eigenvalue weighted by Crippen LogP contribution is 2.45. The minimum atomic E-state index is -3.78. The van der Waals surface area contributed by atoms with Crippen LogP contribution in [0.4, 0.5) is 11.4 Å². The molecule has 1 aliphatic heterocycles. The van der Waals surface area contributed by atoms with Gasteiger partial charge in [-0.15, -0.1) is 23.5 Å². The Morgan fingerprint density at radius 3 is 2.47 bits per heavy atom. The van der Waals surface area contributed by atoms with Crippen molar-refractivity contribution in [1.82, 2.24) is 4.31 Å². The quantitative estimate of drug-likeness (QED) is 0.393. The summed E-state index contributed by atoms with van der Waals surface area (Å²) in [6, 6.07) is 13.7. The van der Waals surface area contributed by atoms with E-state index in [1.54, 1.807) is 29.2 Å². The number of thioether (sulfide) groups is 2. The zero-order valence-corrected chi connectivity index (χ0v) is 22.7. The maximum absolute atomic E-state index is 14.1. The van der Waals surface area contributed by atoms with Gasteiger partial charge in [-0.3, -0.25) is 4.79 Å². The summed E-state index contributed by atoms with van der Waals surface area (Å²) < 4.78 is 29.7. The molecule has 0 fully saturated rings. The van der Waals surface area contributed by atoms with E-state index in [-0.39, 0.29) is 10.6 Å². The number of fused-ring (bicyclic) bond motifs is 1. The van der Waals surface area contributed by atoms with Gasteiger partial charge in [-0.25, -0.2) is 8.42 Å². The predicted molar refractivity (Wildman–Crippen MR) is 143 cm³/mol. The number of aliphatic carboxylic acids is 1. The molecule has 3 rings (SSSR count). The van der Waals surface area contributed by atoms with Crippen LogP contribution in [0.15, 0.2) is 52.3 Å². The molecule has 0 saturated carbocycles. The van der Waals surface area contributed by atoms with Crippen molar-refractivity contribution in [3.8, 4) is 0 Å². The van der Waals surface area contributed by atoms with Crippen molar-refractivity contribution in [1.29, 1.82) is 0 Å². The fourth-order valence-corrected chi connectivity index (χ4v) is 7.79. The first-order valence-electron chi connectivity index (χ1n) is 11.5. The number of carbonyl (C=O) groups is 1. The van der Waals surface area contributed by atoms with Gasteiger partial charge >= 0.3 is 5.97 Å². The number of rotatable bonds is 10. The number of benzene rings is 2. The van der Waals surface area contributed by atoms with Gasteiger partial charge in [0.15, 0.2) is 0 Å². The maximum atomic E-state index is 14.1. The van der Waals surface area contributed by atoms with Crippen LogP contribution in [-0.4, -0.2) is 54.9 Å². The summed E-state index contributed by atoms with van der Waals surface area (Å²) in [6.07, 6.45) is 5.39. The lowest BCUT2D eigenvalue weighted by atomic mass is 9.88. The van der Waals surface area contributed by atoms with E-state index < -0.39 is 21.5 Å². The van der Waals surface area contributed by atoms with Crippen LogP contribution in [0.5, 0.6) is 0 Å². The van der Waals surface area contributed by atoms with Gasteiger partial charge in [-0.05, 0) is 48.9 Å². The first-order valence-corrected chi connectivity index (χ1v) is 15.3. The van der Waals surface area contributed by atoms with Crippen molar-refractivity contribution in [2.24, 2.45) is 0 Å². The van der Waals surface area contributed by atoms with E-state index in [9.17, 15) is 13.2 Å². The average molecular weight is 523 g/mol. The second kappa shape index (κ2) is 11.4. The minimum Gasteiger partial charge on any atom is -0.481 e. The zero-order chi connectivity index (χ0) is 24.9. The molecule has 1 heterocycles. The Kier molecular flexibility index (Phi) is 9.00. The van der Waals surface area contributed by atoms with Crippen molar-refractivity contribution in [2.75, 3.05) is 30.5 Å². The molecule has 0 aliphatic carbocycles. The number of sulfonamides is 1. The van der Waals surface area contributed by atoms with Crippen molar-refractivity contribution >= 4 is 50.9 Å². The summed E-state index contributed by atoms with van der Waals surface area (Å²) in [5, 5.41) is 9.05. The van der Waals surface area contributed by atoms with Crippen molar-refractivity contribution in [3.63, 3.8) is 0 Å². The SMILES string of the molecule is CCCC[C@]1(CC)CN(c2ccccc2)c2cc(SC)c(CSCC(=O)O)cc2S(=O)(=O)N1C. The Labute approximate surface area is 212 Å². The second-order valence-electron chi connectivity index (χ2n) is 8.59. The third-order valence-corrected chi connectivity index (χ3v) is 10.4. The number of unbranched alkanes of at least 4 members (excludes halogenated alkanes) is 1. The summed E-state index contributed by atoms with van der Waals surface area (Å²) in [5.74, 6) is -0.463. The largest absolute Gasteiger partial charge is 0.481 e. The molecular weight excluding hydrogens is 488 g/mol. The number of anilines is 2. The summed E-state index contributed by atoms with van der Waals surface area (Å²) >= 11 is 2.83. The van der Waals surface area contributed by atoms with Gasteiger partial charge in [0.1, 0.15) is 4.90 Å². The molecule has 0 amide bonds. The molecule has 34 heavy (non-hydrogen) atoms. The van der Waals surface area contributed by atoms with Crippen LogP contribution < -0.4 is 4.90 Å². The highest BCUT2D eigenvalue weighted by atomic mass is 32.2. The van der Waals surface area contributed by atoms with Gasteiger partial charge in [0.05, 0.1) is 17.0 Å². The van der Waals surface area contributed by atoms with Crippen molar-refractivity contribution in [2.45, 2.75) is 60.6 Å². The zero-order valence-electron chi connectivity index (χ0n) is 20.3. The van der Waals surface area contributed by atoms with E-state index in [4.69, 9.17) is 5.11 Å². The van der Waals surface area contributed by atoms with Gasteiger partial charge in [0.25, 0.3) is 0 Å². The van der Waals surface area contributed by atoms with Crippen molar-refractivity contribution in [3.05, 3.63) is 48.0 Å². The van der Waals surface area contributed by atoms with Gasteiger partial charge in [0.2, 0.25) is 10.0 Å². The summed E-state index contributed by atoms with van der Waals surface area (Å²) in [7, 11) is -2.06. The Balaban J connectivity index is 2.24. The summed E-state index contributed by atoms with van der Waals surface area (Å²) in [5.41, 5.74) is 1.95. The Morgan fingerprint density at radius 1 is 1.18 bits per heavy atom. The van der Waals surface area contributed by atoms with E-state index in [0.29, 0.717) is 24.4 Å². The third kappa shape index (κ3) is 5.42. The average Bonchev–Trinajstić information content (AvgIpc) is 2.90. The molecule has 2 aromatic rings. The lowest BCUT2D eigenvalue weighted by Gasteiger charge is -2.41. The van der Waals surface area contributed by atoms with Gasteiger partial charge in [-0.2, -0.15) is 4.31 Å². The Bertz CT molecular complexity index is 1110. The van der Waals surface area contributed by atoms with Gasteiger partial charge < -0.3 is 10.0 Å². The van der Waals surface area contributed by atoms with E-state index in [1.807, 2.05) is 42.7 Å². The van der Waals surface area contributed by atoms with Crippen LogP contribution in [-0.2, 0) is 20.6 Å². The molecule has 0 saturated heterocycles. The van der Waals surface area contributed by atoms with Crippen LogP contribution in [0.3, 0.4) is 0 Å². The van der Waals surface area contributed by atoms with Gasteiger partial charge in [0, 0.05) is 29.9 Å². The molecule has 186 valence electrons. The van der Waals surface area contributed by atoms with E-state index in [2.05, 4.69) is 18.7 Å². The van der Waals surface area contributed by atoms with Crippen LogP contribution in [0.1, 0.15) is 45.1 Å². The van der Waals surface area contributed by atoms with Gasteiger partial charge in [-0.1, -0.05) is 44.9 Å². The smallest absolute Gasteiger partial charge is 0.313 e. The number of carboxylic acid groups (broad SMARTS) is 1. The molecule has 0 unspecified atom stereocenters. The monoisotopic (exact) mass is 522 g/mol. The maximum Gasteiger partial charge on any atom is 0.313 e. The number of carboxylic acids is 1. The first-order chi connectivity index (χ1) is 16.2. The molecular formula is C25H34N2O4S3. The third-order valence-electron chi connectivity index (χ3n) is 6.62. The van der Waals surface area contributed by atoms with Crippen LogP contribution in [0.2, 0.25) is 0 Å². The van der Waals surface area contributed by atoms with Crippen LogP contribution in [0.25, 0.3) is 0 Å². The summed E-state index contributed by atoms with van der Waals surface area (Å²) in [4.78, 5) is 14.4. The van der Waals surface area contributed by atoms with Crippen molar-refractivity contribution < 1.29 is 18.3 Å². The molecule has 0 aromatic heterocycles. The number of likely N-dealkylation sites (N-methyl/N-ethyl adjacent to an activating group) is 1. The molecule has 9 heteroatoms. The molecule has 1 atom stereocenters. The number of nitrogens with zero attached hydrogens (tertiary/aromatic N) is 2. The van der Waals surface area contributed by atoms with Crippen LogP contribution >= 0.6 is 23.5 Å². The fourth-order valence-electron chi connectivity index (χ4n) is 4.53. The Hall–Kier alpha value is -1.68. The molecule has 6 nitrogen and oxygen atoms in total. The fraction of sp³-hybridized carbons (Fsp3) is 0.480. The summed E-state index contributed by atoms with van der Waals surface area (Å²) in [6.45, 7) is 4.77. The molecule has 0 radical (unpaired) electrons. The van der Waals surface area contributed by atoms with E-state index >= 15 is 0 Å². The highest BCUT2D eigenvalue weighted by molar-refractivity contribution is 7.99. The van der Waals surface area contributed by atoms with E-state index in [0.717, 1.165) is 35.4 Å². The Morgan fingerprint density at radius 2 is 1.88 bits per heavy atom. The number of hydrogen-bond donors (Lipinski definition) is 1. The topological polar surface area (TPSA) is 77.9 Å². The van der Waals surface area contributed by atoms with E-state index in [1.165, 1.54) is 11.8 Å². The lowest BCUT2D eigenvalue weighted by Crippen LogP contribution is -2.53. The predicted octanol–water partition coefficient (Wildman–Crippen LogP) is 5.84. The highest BCUT2D eigenvalue weighted by Gasteiger charge is 2.46. The number of para-hydroxylation sites is 1. The minimum absolute atomic E-state index is 0.0241. The molecule has 0 bridgehead atoms. The second-order valence-corrected chi connectivity index (χ2v) is 12.4. The first kappa shape index (κ1) is 26.9. The molecule has 2 aromatic carbocycles. The molecule has 1 N–H and O–H groups in total. The lowest BCUT2D eigenvalue weighted by molar-refractivity contribution is -0.133. The molecule has 1 aliphatic rings. The normalized spacial score (nSPS) is 20.1.